The molecule has 0 radical (unpaired) electrons. The molecular weight excluding hydrogens is 317 g/mol. The Kier molecular flexibility index (Phi) is 5.02. The first kappa shape index (κ1) is 16.3. The van der Waals surface area contributed by atoms with Crippen LogP contribution >= 0.6 is 11.3 Å². The molecule has 8 heteroatoms. The summed E-state index contributed by atoms with van der Waals surface area (Å²) in [6.07, 6.45) is -4.45. The molecule has 2 aromatic heterocycles. The molecule has 2 aromatic rings. The number of thiophene rings is 1. The normalized spacial score (nSPS) is 11.3. The van der Waals surface area contributed by atoms with Crippen molar-refractivity contribution in [3.8, 4) is 5.88 Å². The Morgan fingerprint density at radius 3 is 2.77 bits per heavy atom. The first-order valence-corrected chi connectivity index (χ1v) is 7.22. The van der Waals surface area contributed by atoms with Crippen molar-refractivity contribution in [3.63, 3.8) is 0 Å². The molecule has 1 amide bonds. The molecule has 0 aliphatic rings. The van der Waals surface area contributed by atoms with Crippen molar-refractivity contribution in [2.45, 2.75) is 12.7 Å². The lowest BCUT2D eigenvalue weighted by molar-refractivity contribution is -0.154. The molecule has 4 nitrogen and oxygen atoms in total. The minimum Gasteiger partial charge on any atom is -0.468 e. The van der Waals surface area contributed by atoms with E-state index >= 15 is 0 Å². The lowest BCUT2D eigenvalue weighted by Crippen LogP contribution is -2.27. The minimum atomic E-state index is -4.45. The number of hydrogen-bond donors (Lipinski definition) is 0. The zero-order valence-electron chi connectivity index (χ0n) is 11.6. The fourth-order valence-electron chi connectivity index (χ4n) is 1.69. The van der Waals surface area contributed by atoms with Gasteiger partial charge in [0, 0.05) is 19.7 Å². The van der Waals surface area contributed by atoms with Gasteiger partial charge in [0.25, 0.3) is 5.91 Å². The molecule has 0 aliphatic heterocycles. The van der Waals surface area contributed by atoms with Crippen LogP contribution in [0.4, 0.5) is 13.2 Å². The highest BCUT2D eigenvalue weighted by atomic mass is 32.1. The van der Waals surface area contributed by atoms with Crippen LogP contribution in [0.15, 0.2) is 35.0 Å². The summed E-state index contributed by atoms with van der Waals surface area (Å²) >= 11 is 1.52. The Morgan fingerprint density at radius 1 is 1.36 bits per heavy atom. The fourth-order valence-corrected chi connectivity index (χ4v) is 2.35. The Balaban J connectivity index is 2.03. The van der Waals surface area contributed by atoms with Crippen molar-refractivity contribution in [3.05, 3.63) is 46.3 Å². The summed E-state index contributed by atoms with van der Waals surface area (Å²) in [5, 5.41) is 3.82. The van der Waals surface area contributed by atoms with Gasteiger partial charge in [-0.1, -0.05) is 6.07 Å². The van der Waals surface area contributed by atoms with Gasteiger partial charge < -0.3 is 9.64 Å². The van der Waals surface area contributed by atoms with Crippen molar-refractivity contribution in [1.29, 1.82) is 0 Å². The van der Waals surface area contributed by atoms with Crippen molar-refractivity contribution < 1.29 is 22.7 Å². The average molecular weight is 330 g/mol. The predicted octanol–water partition coefficient (Wildman–Crippen LogP) is 3.36. The number of nitrogens with zero attached hydrogens (tertiary/aromatic N) is 2. The van der Waals surface area contributed by atoms with Gasteiger partial charge in [0.1, 0.15) is 5.69 Å². The number of carbonyl (C=O) groups is 1. The summed E-state index contributed by atoms with van der Waals surface area (Å²) in [4.78, 5) is 17.5. The number of rotatable bonds is 5. The highest BCUT2D eigenvalue weighted by Gasteiger charge is 2.28. The van der Waals surface area contributed by atoms with Crippen LogP contribution in [0, 0.1) is 0 Å². The second-order valence-corrected chi connectivity index (χ2v) is 5.34. The van der Waals surface area contributed by atoms with Gasteiger partial charge in [-0.25, -0.2) is 4.98 Å². The number of hydrogen-bond acceptors (Lipinski definition) is 4. The number of alkyl halides is 3. The summed E-state index contributed by atoms with van der Waals surface area (Å²) in [5.41, 5.74) is 1.02. The van der Waals surface area contributed by atoms with Crippen LogP contribution in [-0.4, -0.2) is 35.6 Å². The fraction of sp³-hybridized carbons (Fsp3) is 0.286. The largest absolute Gasteiger partial charge is 0.468 e. The number of pyridine rings is 1. The van der Waals surface area contributed by atoms with Gasteiger partial charge in [-0.05, 0) is 28.5 Å². The third-order valence-corrected chi connectivity index (χ3v) is 3.40. The molecule has 0 bridgehead atoms. The maximum Gasteiger partial charge on any atom is 0.422 e. The predicted molar refractivity (Wildman–Crippen MR) is 75.9 cm³/mol. The Hall–Kier alpha value is -2.09. The van der Waals surface area contributed by atoms with Crippen LogP contribution in [0.5, 0.6) is 5.88 Å². The van der Waals surface area contributed by atoms with E-state index in [-0.39, 0.29) is 17.5 Å². The monoisotopic (exact) mass is 330 g/mol. The van der Waals surface area contributed by atoms with Crippen molar-refractivity contribution >= 4 is 17.2 Å². The molecule has 0 saturated heterocycles. The van der Waals surface area contributed by atoms with Crippen LogP contribution in [-0.2, 0) is 6.54 Å². The van der Waals surface area contributed by atoms with E-state index in [2.05, 4.69) is 9.72 Å². The third kappa shape index (κ3) is 4.73. The molecule has 0 spiro atoms. The highest BCUT2D eigenvalue weighted by molar-refractivity contribution is 7.07. The van der Waals surface area contributed by atoms with E-state index in [1.54, 1.807) is 7.05 Å². The summed E-state index contributed by atoms with van der Waals surface area (Å²) in [7, 11) is 1.60. The number of aromatic nitrogens is 1. The molecular formula is C14H13F3N2O2S. The third-order valence-electron chi connectivity index (χ3n) is 2.67. The van der Waals surface area contributed by atoms with Crippen LogP contribution < -0.4 is 4.74 Å². The topological polar surface area (TPSA) is 42.4 Å². The molecule has 22 heavy (non-hydrogen) atoms. The molecule has 2 heterocycles. The molecule has 0 fully saturated rings. The van der Waals surface area contributed by atoms with Gasteiger partial charge in [0.05, 0.1) is 0 Å². The number of ether oxygens (including phenoxy) is 1. The van der Waals surface area contributed by atoms with E-state index in [0.29, 0.717) is 6.54 Å². The summed E-state index contributed by atoms with van der Waals surface area (Å²) in [6.45, 7) is -1.04. The SMILES string of the molecule is CN(Cc1ccsc1)C(=O)c1cccc(OCC(F)(F)F)n1. The smallest absolute Gasteiger partial charge is 0.422 e. The van der Waals surface area contributed by atoms with Gasteiger partial charge in [-0.2, -0.15) is 24.5 Å². The van der Waals surface area contributed by atoms with Gasteiger partial charge in [0.2, 0.25) is 5.88 Å². The van der Waals surface area contributed by atoms with Gasteiger partial charge in [-0.3, -0.25) is 4.79 Å². The summed E-state index contributed by atoms with van der Waals surface area (Å²) in [5.74, 6) is -0.615. The minimum absolute atomic E-state index is 0.0393. The van der Waals surface area contributed by atoms with E-state index in [0.717, 1.165) is 5.56 Å². The van der Waals surface area contributed by atoms with E-state index in [9.17, 15) is 18.0 Å². The molecule has 0 unspecified atom stereocenters. The molecule has 0 atom stereocenters. The van der Waals surface area contributed by atoms with Crippen molar-refractivity contribution in [1.82, 2.24) is 9.88 Å². The lowest BCUT2D eigenvalue weighted by atomic mass is 10.3. The second-order valence-electron chi connectivity index (χ2n) is 4.56. The molecule has 0 aromatic carbocycles. The first-order chi connectivity index (χ1) is 10.3. The Morgan fingerprint density at radius 2 is 2.14 bits per heavy atom. The van der Waals surface area contributed by atoms with E-state index in [1.807, 2.05) is 16.8 Å². The standard InChI is InChI=1S/C14H13F3N2O2S/c1-19(7-10-5-6-22-8-10)13(20)11-3-2-4-12(18-11)21-9-14(15,16)17/h2-6,8H,7,9H2,1H3. The van der Waals surface area contributed by atoms with Gasteiger partial charge >= 0.3 is 6.18 Å². The molecule has 0 aliphatic carbocycles. The zero-order valence-corrected chi connectivity index (χ0v) is 12.4. The van der Waals surface area contributed by atoms with E-state index in [1.165, 1.54) is 34.4 Å². The maximum absolute atomic E-state index is 12.2. The number of carbonyl (C=O) groups excluding carboxylic acids is 1. The summed E-state index contributed by atoms with van der Waals surface area (Å²) in [6, 6.07) is 6.05. The zero-order chi connectivity index (χ0) is 16.2. The van der Waals surface area contributed by atoms with Gasteiger partial charge in [-0.15, -0.1) is 0 Å². The van der Waals surface area contributed by atoms with Crippen LogP contribution in [0.3, 0.4) is 0 Å². The molecule has 0 saturated carbocycles. The van der Waals surface area contributed by atoms with Crippen LogP contribution in [0.25, 0.3) is 0 Å². The van der Waals surface area contributed by atoms with Crippen molar-refractivity contribution in [2.24, 2.45) is 0 Å². The van der Waals surface area contributed by atoms with E-state index < -0.39 is 12.8 Å². The molecule has 0 N–H and O–H groups in total. The Labute approximate surface area is 129 Å². The van der Waals surface area contributed by atoms with Crippen LogP contribution in [0.2, 0.25) is 0 Å². The van der Waals surface area contributed by atoms with E-state index in [4.69, 9.17) is 0 Å². The molecule has 118 valence electrons. The first-order valence-electron chi connectivity index (χ1n) is 6.28. The Bertz CT molecular complexity index is 629. The number of halogens is 3. The van der Waals surface area contributed by atoms with Crippen molar-refractivity contribution in [2.75, 3.05) is 13.7 Å². The summed E-state index contributed by atoms with van der Waals surface area (Å²) < 4.78 is 40.9. The molecule has 2 rings (SSSR count). The van der Waals surface area contributed by atoms with Gasteiger partial charge in [0.15, 0.2) is 6.61 Å². The highest BCUT2D eigenvalue weighted by Crippen LogP contribution is 2.18. The average Bonchev–Trinajstić information content (AvgIpc) is 2.97. The second kappa shape index (κ2) is 6.78. The quantitative estimate of drug-likeness (QED) is 0.844. The number of amides is 1. The van der Waals surface area contributed by atoms with Crippen LogP contribution in [0.1, 0.15) is 16.1 Å². The maximum atomic E-state index is 12.2. The lowest BCUT2D eigenvalue weighted by Gasteiger charge is -2.16.